The largest absolute Gasteiger partial charge is 0.367 e. The molecular formula is C14H19ClN2O2. The van der Waals surface area contributed by atoms with Crippen molar-refractivity contribution >= 4 is 17.5 Å². The number of nitrogens with zero attached hydrogens (tertiary/aromatic N) is 1. The third-order valence-corrected chi connectivity index (χ3v) is 3.78. The molecular weight excluding hydrogens is 264 g/mol. The predicted molar refractivity (Wildman–Crippen MR) is 74.9 cm³/mol. The van der Waals surface area contributed by atoms with Crippen LogP contribution in [0.25, 0.3) is 0 Å². The van der Waals surface area contributed by atoms with E-state index in [2.05, 4.69) is 0 Å². The van der Waals surface area contributed by atoms with Crippen LogP contribution in [0.1, 0.15) is 18.4 Å². The Hall–Kier alpha value is -1.10. The highest BCUT2D eigenvalue weighted by molar-refractivity contribution is 6.31. The first kappa shape index (κ1) is 14.3. The standard InChI is InChI=1S/C14H19ClN2O2/c15-13-6-2-1-4-11(13)9-19-10-14(18)17-7-3-5-12(17)8-16/h1-2,4,6,12H,3,5,7-10,16H2/t12-/m1/s1. The molecule has 104 valence electrons. The Morgan fingerprint density at radius 3 is 3.00 bits per heavy atom. The van der Waals surface area contributed by atoms with Crippen molar-refractivity contribution in [3.63, 3.8) is 0 Å². The van der Waals surface area contributed by atoms with E-state index in [1.807, 2.05) is 29.2 Å². The maximum absolute atomic E-state index is 12.0. The predicted octanol–water partition coefficient (Wildman–Crippen LogP) is 1.81. The van der Waals surface area contributed by atoms with Crippen molar-refractivity contribution < 1.29 is 9.53 Å². The normalized spacial score (nSPS) is 18.8. The van der Waals surface area contributed by atoms with Gasteiger partial charge in [-0.25, -0.2) is 0 Å². The quantitative estimate of drug-likeness (QED) is 0.896. The van der Waals surface area contributed by atoms with Crippen LogP contribution in [-0.2, 0) is 16.1 Å². The van der Waals surface area contributed by atoms with E-state index < -0.39 is 0 Å². The molecule has 0 aromatic heterocycles. The zero-order valence-corrected chi connectivity index (χ0v) is 11.6. The molecule has 19 heavy (non-hydrogen) atoms. The molecule has 1 saturated heterocycles. The summed E-state index contributed by atoms with van der Waals surface area (Å²) in [5, 5.41) is 0.663. The fourth-order valence-electron chi connectivity index (χ4n) is 2.36. The minimum absolute atomic E-state index is 0.0139. The van der Waals surface area contributed by atoms with Crippen LogP contribution in [0.2, 0.25) is 5.02 Å². The molecule has 0 radical (unpaired) electrons. The van der Waals surface area contributed by atoms with Gasteiger partial charge in [-0.1, -0.05) is 29.8 Å². The number of rotatable bonds is 5. The maximum Gasteiger partial charge on any atom is 0.248 e. The first-order valence-electron chi connectivity index (χ1n) is 6.53. The van der Waals surface area contributed by atoms with Crippen LogP contribution in [0, 0.1) is 0 Å². The minimum Gasteiger partial charge on any atom is -0.367 e. The highest BCUT2D eigenvalue weighted by Crippen LogP contribution is 2.18. The van der Waals surface area contributed by atoms with Crippen molar-refractivity contribution in [2.24, 2.45) is 5.73 Å². The summed E-state index contributed by atoms with van der Waals surface area (Å²) in [4.78, 5) is 13.8. The van der Waals surface area contributed by atoms with Gasteiger partial charge in [-0.15, -0.1) is 0 Å². The smallest absolute Gasteiger partial charge is 0.248 e. The van der Waals surface area contributed by atoms with E-state index in [4.69, 9.17) is 22.1 Å². The number of amides is 1. The molecule has 0 spiro atoms. The van der Waals surface area contributed by atoms with Gasteiger partial charge < -0.3 is 15.4 Å². The second-order valence-electron chi connectivity index (χ2n) is 4.70. The Labute approximate surface area is 118 Å². The minimum atomic E-state index is 0.0139. The Kier molecular flexibility index (Phi) is 5.19. The number of nitrogens with two attached hydrogens (primary N) is 1. The fourth-order valence-corrected chi connectivity index (χ4v) is 2.55. The van der Waals surface area contributed by atoms with Gasteiger partial charge in [0, 0.05) is 24.2 Å². The van der Waals surface area contributed by atoms with Gasteiger partial charge in [0.05, 0.1) is 6.61 Å². The van der Waals surface area contributed by atoms with Gasteiger partial charge >= 0.3 is 0 Å². The van der Waals surface area contributed by atoms with E-state index in [-0.39, 0.29) is 18.6 Å². The second-order valence-corrected chi connectivity index (χ2v) is 5.11. The summed E-state index contributed by atoms with van der Waals surface area (Å²) in [5.41, 5.74) is 6.55. The zero-order valence-electron chi connectivity index (χ0n) is 10.8. The van der Waals surface area contributed by atoms with E-state index in [1.54, 1.807) is 0 Å². The second kappa shape index (κ2) is 6.89. The number of benzene rings is 1. The first-order valence-corrected chi connectivity index (χ1v) is 6.91. The van der Waals surface area contributed by atoms with Crippen LogP contribution < -0.4 is 5.73 Å². The molecule has 1 aliphatic heterocycles. The lowest BCUT2D eigenvalue weighted by Gasteiger charge is -2.23. The first-order chi connectivity index (χ1) is 9.22. The van der Waals surface area contributed by atoms with Crippen LogP contribution in [0.3, 0.4) is 0 Å². The average Bonchev–Trinajstić information content (AvgIpc) is 2.89. The van der Waals surface area contributed by atoms with Gasteiger partial charge in [0.2, 0.25) is 5.91 Å². The molecule has 1 aromatic rings. The van der Waals surface area contributed by atoms with Crippen LogP contribution >= 0.6 is 11.6 Å². The third kappa shape index (κ3) is 3.69. The molecule has 0 bridgehead atoms. The maximum atomic E-state index is 12.0. The summed E-state index contributed by atoms with van der Waals surface area (Å²) in [6.45, 7) is 1.75. The Balaban J connectivity index is 1.80. The fraction of sp³-hybridized carbons (Fsp3) is 0.500. The lowest BCUT2D eigenvalue weighted by atomic mass is 10.2. The molecule has 1 heterocycles. The molecule has 0 saturated carbocycles. The summed E-state index contributed by atoms with van der Waals surface area (Å²) in [7, 11) is 0. The van der Waals surface area contributed by atoms with Crippen molar-refractivity contribution in [1.82, 2.24) is 4.90 Å². The van der Waals surface area contributed by atoms with Gasteiger partial charge in [-0.3, -0.25) is 4.79 Å². The van der Waals surface area contributed by atoms with Crippen LogP contribution in [0.4, 0.5) is 0 Å². The van der Waals surface area contributed by atoms with Gasteiger partial charge in [0.15, 0.2) is 0 Å². The average molecular weight is 283 g/mol. The van der Waals surface area contributed by atoms with Crippen LogP contribution in [0.15, 0.2) is 24.3 Å². The summed E-state index contributed by atoms with van der Waals surface area (Å²) in [6.07, 6.45) is 2.02. The molecule has 1 aromatic carbocycles. The number of carbonyl (C=O) groups is 1. The summed E-state index contributed by atoms with van der Waals surface area (Å²) >= 11 is 6.02. The molecule has 0 aliphatic carbocycles. The molecule has 5 heteroatoms. The Morgan fingerprint density at radius 1 is 1.47 bits per heavy atom. The molecule has 4 nitrogen and oxygen atoms in total. The van der Waals surface area contributed by atoms with E-state index >= 15 is 0 Å². The van der Waals surface area contributed by atoms with Crippen molar-refractivity contribution in [3.05, 3.63) is 34.9 Å². The zero-order chi connectivity index (χ0) is 13.7. The number of ether oxygens (including phenoxy) is 1. The van der Waals surface area contributed by atoms with Gasteiger partial charge in [-0.05, 0) is 24.5 Å². The van der Waals surface area contributed by atoms with E-state index in [9.17, 15) is 4.79 Å². The molecule has 2 N–H and O–H groups in total. The summed E-state index contributed by atoms with van der Waals surface area (Å²) in [5.74, 6) is 0.0139. The van der Waals surface area contributed by atoms with Crippen LogP contribution in [-0.4, -0.2) is 36.5 Å². The third-order valence-electron chi connectivity index (χ3n) is 3.41. The number of likely N-dealkylation sites (tertiary alicyclic amines) is 1. The number of carbonyl (C=O) groups excluding carboxylic acids is 1. The van der Waals surface area contributed by atoms with Gasteiger partial charge in [-0.2, -0.15) is 0 Å². The van der Waals surface area contributed by atoms with Crippen molar-refractivity contribution in [2.75, 3.05) is 19.7 Å². The van der Waals surface area contributed by atoms with E-state index in [0.717, 1.165) is 24.9 Å². The van der Waals surface area contributed by atoms with Gasteiger partial charge in [0.1, 0.15) is 6.61 Å². The Bertz CT molecular complexity index is 439. The van der Waals surface area contributed by atoms with Crippen molar-refractivity contribution in [1.29, 1.82) is 0 Å². The highest BCUT2D eigenvalue weighted by atomic mass is 35.5. The van der Waals surface area contributed by atoms with Crippen LogP contribution in [0.5, 0.6) is 0 Å². The lowest BCUT2D eigenvalue weighted by Crippen LogP contribution is -2.41. The number of hydrogen-bond donors (Lipinski definition) is 1. The lowest BCUT2D eigenvalue weighted by molar-refractivity contribution is -0.137. The molecule has 2 rings (SSSR count). The Morgan fingerprint density at radius 2 is 2.26 bits per heavy atom. The molecule has 1 amide bonds. The summed E-state index contributed by atoms with van der Waals surface area (Å²) < 4.78 is 5.45. The topological polar surface area (TPSA) is 55.6 Å². The molecule has 1 atom stereocenters. The monoisotopic (exact) mass is 282 g/mol. The van der Waals surface area contributed by atoms with E-state index in [1.165, 1.54) is 0 Å². The van der Waals surface area contributed by atoms with E-state index in [0.29, 0.717) is 18.2 Å². The highest BCUT2D eigenvalue weighted by Gasteiger charge is 2.27. The summed E-state index contributed by atoms with van der Waals surface area (Å²) in [6, 6.07) is 7.65. The van der Waals surface area contributed by atoms with Crippen molar-refractivity contribution in [3.8, 4) is 0 Å². The van der Waals surface area contributed by atoms with Crippen molar-refractivity contribution in [2.45, 2.75) is 25.5 Å². The molecule has 0 unspecified atom stereocenters. The molecule has 1 aliphatic rings. The molecule has 1 fully saturated rings. The SMILES string of the molecule is NC[C@H]1CCCN1C(=O)COCc1ccccc1Cl. The number of halogens is 1. The van der Waals surface area contributed by atoms with Gasteiger partial charge in [0.25, 0.3) is 0 Å². The number of hydrogen-bond acceptors (Lipinski definition) is 3.